The van der Waals surface area contributed by atoms with Crippen LogP contribution < -0.4 is 34.3 Å². The SMILES string of the molecule is CC(C)(C)c1ccc2c(c1)[cH-]c1cc(C(C)(C)C)ccc12.COc1cccc(OC)c1-c1ccc[cH-]1.[Cl-].[Cl-].[Hf+2]=[C](c1ccccc1)c1ccccc1. The topological polar surface area (TPSA) is 18.5 Å². The van der Waals surface area contributed by atoms with Gasteiger partial charge in [-0.1, -0.05) is 83.0 Å². The van der Waals surface area contributed by atoms with E-state index in [-0.39, 0.29) is 35.6 Å². The summed E-state index contributed by atoms with van der Waals surface area (Å²) in [4.78, 5) is 0. The summed E-state index contributed by atoms with van der Waals surface area (Å²) >= 11 is 1.08. The maximum absolute atomic E-state index is 5.33. The second-order valence-corrected chi connectivity index (χ2v) is 16.4. The van der Waals surface area contributed by atoms with Gasteiger partial charge in [0.25, 0.3) is 0 Å². The molecule has 0 unspecified atom stereocenters. The van der Waals surface area contributed by atoms with E-state index >= 15 is 0 Å². The van der Waals surface area contributed by atoms with E-state index in [0.717, 1.165) is 46.5 Å². The summed E-state index contributed by atoms with van der Waals surface area (Å²) in [6.45, 7) is 13.6. The fourth-order valence-electron chi connectivity index (χ4n) is 6.01. The number of methoxy groups -OCH3 is 2. The Morgan fingerprint density at radius 3 is 1.35 bits per heavy atom. The molecule has 0 spiro atoms. The molecule has 0 saturated heterocycles. The zero-order valence-electron chi connectivity index (χ0n) is 31.4. The van der Waals surface area contributed by atoms with Crippen molar-refractivity contribution in [2.24, 2.45) is 0 Å². The first kappa shape index (κ1) is 42.7. The monoisotopic (exact) mass is 894 g/mol. The van der Waals surface area contributed by atoms with Crippen LogP contribution in [0, 0.1) is 0 Å². The van der Waals surface area contributed by atoms with Crippen molar-refractivity contribution in [3.8, 4) is 22.6 Å². The fourth-order valence-corrected chi connectivity index (χ4v) is 7.21. The van der Waals surface area contributed by atoms with E-state index in [4.69, 9.17) is 9.47 Å². The van der Waals surface area contributed by atoms with Crippen LogP contribution in [0.4, 0.5) is 0 Å². The van der Waals surface area contributed by atoms with E-state index in [0.29, 0.717) is 0 Å². The molecule has 268 valence electrons. The van der Waals surface area contributed by atoms with E-state index in [1.54, 1.807) is 14.2 Å². The molecule has 0 radical (unpaired) electrons. The summed E-state index contributed by atoms with van der Waals surface area (Å²) in [6.07, 6.45) is 0. The van der Waals surface area contributed by atoms with Gasteiger partial charge in [-0.05, 0) is 28.5 Å². The van der Waals surface area contributed by atoms with Gasteiger partial charge in [0.1, 0.15) is 0 Å². The molecule has 7 rings (SSSR count). The Morgan fingerprint density at radius 1 is 0.538 bits per heavy atom. The fraction of sp³-hybridized carbons (Fsp3) is 0.213. The molecule has 0 heterocycles. The van der Waals surface area contributed by atoms with E-state index in [2.05, 4.69) is 145 Å². The van der Waals surface area contributed by atoms with Crippen LogP contribution in [0.25, 0.3) is 32.7 Å². The van der Waals surface area contributed by atoms with Crippen LogP contribution in [0.2, 0.25) is 0 Å². The molecule has 0 N–H and O–H groups in total. The summed E-state index contributed by atoms with van der Waals surface area (Å²) < 4.78 is 12.1. The van der Waals surface area contributed by atoms with Gasteiger partial charge in [-0.15, -0.1) is 51.4 Å². The van der Waals surface area contributed by atoms with Crippen molar-refractivity contribution >= 4 is 24.8 Å². The van der Waals surface area contributed by atoms with Gasteiger partial charge in [0.15, 0.2) is 0 Å². The standard InChI is InChI=1S/C21H25.C13H13O2.C13H10.2ClH.Hf/c1-20(2,3)16-7-9-18-14(12-16)11-15-13-17(21(4,5)6)8-10-19(15)18;1-14-11-8-5-9-12(15-2)13(11)10-6-3-4-7-10;1-3-7-12(8-4-1)11-13-9-5-2-6-10-13;;;/h7-13H,1-6H3;3-9H,1-2H3;1-10H;2*1H;/q2*-1;;;;+2/p-2. The van der Waals surface area contributed by atoms with Gasteiger partial charge in [-0.2, -0.15) is 18.2 Å². The summed E-state index contributed by atoms with van der Waals surface area (Å²) in [6, 6.07) is 51.2. The van der Waals surface area contributed by atoms with Crippen molar-refractivity contribution < 1.29 is 58.2 Å². The predicted molar refractivity (Wildman–Crippen MR) is 211 cm³/mol. The first-order valence-electron chi connectivity index (χ1n) is 17.2. The predicted octanol–water partition coefficient (Wildman–Crippen LogP) is 6.21. The van der Waals surface area contributed by atoms with E-state index in [1.165, 1.54) is 47.1 Å². The van der Waals surface area contributed by atoms with Crippen molar-refractivity contribution in [2.45, 2.75) is 52.4 Å². The quantitative estimate of drug-likeness (QED) is 0.152. The first-order chi connectivity index (χ1) is 23.9. The van der Waals surface area contributed by atoms with Gasteiger partial charge < -0.3 is 34.3 Å². The zero-order chi connectivity index (χ0) is 35.9. The maximum atomic E-state index is 5.33. The third kappa shape index (κ3) is 10.4. The number of fused-ring (bicyclic) bond motifs is 3. The number of rotatable bonds is 5. The average Bonchev–Trinajstić information content (AvgIpc) is 3.79. The van der Waals surface area contributed by atoms with Gasteiger partial charge in [0.05, 0.1) is 25.7 Å². The number of hydrogen-bond donors (Lipinski definition) is 0. The zero-order valence-corrected chi connectivity index (χ0v) is 36.5. The molecule has 52 heavy (non-hydrogen) atoms. The molecule has 0 fully saturated rings. The molecule has 0 aromatic heterocycles. The summed E-state index contributed by atoms with van der Waals surface area (Å²) in [5, 5.41) is 5.48. The Kier molecular flexibility index (Phi) is 15.4. The summed E-state index contributed by atoms with van der Waals surface area (Å²) in [7, 11) is 3.34. The molecule has 7 aromatic rings. The van der Waals surface area contributed by atoms with E-state index in [1.807, 2.05) is 42.5 Å². The molecule has 0 amide bonds. The molecule has 0 saturated carbocycles. The molecule has 0 aliphatic heterocycles. The van der Waals surface area contributed by atoms with Gasteiger partial charge in [0.2, 0.25) is 0 Å². The Labute approximate surface area is 337 Å². The van der Waals surface area contributed by atoms with Crippen molar-refractivity contribution in [1.29, 1.82) is 0 Å². The second kappa shape index (κ2) is 18.8. The molecule has 0 aliphatic rings. The van der Waals surface area contributed by atoms with Crippen LogP contribution in [0.15, 0.2) is 146 Å². The van der Waals surface area contributed by atoms with Crippen LogP contribution >= 0.6 is 0 Å². The van der Waals surface area contributed by atoms with E-state index < -0.39 is 0 Å². The second-order valence-electron chi connectivity index (χ2n) is 14.6. The molecular formula is C47H48Cl2HfO2-2. The van der Waals surface area contributed by atoms with Crippen molar-refractivity contribution in [2.75, 3.05) is 14.2 Å². The van der Waals surface area contributed by atoms with Crippen molar-refractivity contribution in [1.82, 2.24) is 0 Å². The van der Waals surface area contributed by atoms with Gasteiger partial charge in [-0.3, -0.25) is 0 Å². The molecule has 0 bridgehead atoms. The third-order valence-electron chi connectivity index (χ3n) is 8.94. The number of halogens is 2. The Morgan fingerprint density at radius 2 is 0.981 bits per heavy atom. The van der Waals surface area contributed by atoms with Crippen LogP contribution in [-0.2, 0) is 34.7 Å². The van der Waals surface area contributed by atoms with Gasteiger partial charge in [-0.25, -0.2) is 0 Å². The van der Waals surface area contributed by atoms with Crippen LogP contribution in [0.3, 0.4) is 0 Å². The summed E-state index contributed by atoms with van der Waals surface area (Å²) in [5.41, 5.74) is 8.04. The molecule has 7 aromatic carbocycles. The average molecular weight is 894 g/mol. The minimum atomic E-state index is 0. The van der Waals surface area contributed by atoms with Gasteiger partial charge in [0, 0.05) is 0 Å². The molecule has 2 nitrogen and oxygen atoms in total. The third-order valence-corrected chi connectivity index (χ3v) is 11.0. The number of benzene rings is 5. The van der Waals surface area contributed by atoms with Crippen LogP contribution in [0.1, 0.15) is 63.8 Å². The summed E-state index contributed by atoms with van der Waals surface area (Å²) in [5.74, 6) is 1.67. The number of ether oxygens (including phenoxy) is 2. The van der Waals surface area contributed by atoms with Crippen molar-refractivity contribution in [3.63, 3.8) is 0 Å². The van der Waals surface area contributed by atoms with Gasteiger partial charge >= 0.3 is 98.9 Å². The first-order valence-corrected chi connectivity index (χ1v) is 19.0. The molecule has 0 aliphatic carbocycles. The van der Waals surface area contributed by atoms with Crippen LogP contribution in [-0.4, -0.2) is 17.5 Å². The van der Waals surface area contributed by atoms with Crippen molar-refractivity contribution in [3.05, 3.63) is 168 Å². The Balaban J connectivity index is 0.000000212. The Bertz CT molecular complexity index is 2020. The molecular weight excluding hydrogens is 846 g/mol. The molecule has 0 atom stereocenters. The van der Waals surface area contributed by atoms with E-state index in [9.17, 15) is 0 Å². The molecule has 5 heteroatoms. The van der Waals surface area contributed by atoms with Crippen LogP contribution in [0.5, 0.6) is 11.5 Å². The number of hydrogen-bond acceptors (Lipinski definition) is 2. The Hall–Kier alpha value is -3.76. The minimum absolute atomic E-state index is 0. The normalized spacial score (nSPS) is 10.9.